The lowest BCUT2D eigenvalue weighted by atomic mass is 10.2. The van der Waals surface area contributed by atoms with Gasteiger partial charge in [-0.15, -0.1) is 0 Å². The van der Waals surface area contributed by atoms with Gasteiger partial charge in [-0.25, -0.2) is 9.97 Å². The Hall–Kier alpha value is -1.43. The zero-order chi connectivity index (χ0) is 14.0. The highest BCUT2D eigenvalue weighted by atomic mass is 32.2. The Labute approximate surface area is 122 Å². The Morgan fingerprint density at radius 3 is 2.20 bits per heavy atom. The van der Waals surface area contributed by atoms with E-state index in [2.05, 4.69) is 9.97 Å². The van der Waals surface area contributed by atoms with Crippen LogP contribution in [0.1, 0.15) is 17.0 Å². The van der Waals surface area contributed by atoms with Crippen molar-refractivity contribution in [2.45, 2.75) is 24.1 Å². The summed E-state index contributed by atoms with van der Waals surface area (Å²) in [7, 11) is 0. The van der Waals surface area contributed by atoms with Crippen LogP contribution in [-0.4, -0.2) is 23.2 Å². The first-order valence-electron chi connectivity index (χ1n) is 6.53. The van der Waals surface area contributed by atoms with Gasteiger partial charge in [0.25, 0.3) is 5.12 Å². The lowest BCUT2D eigenvalue weighted by Gasteiger charge is -2.26. The summed E-state index contributed by atoms with van der Waals surface area (Å²) >= 11 is 1.41. The van der Waals surface area contributed by atoms with E-state index in [-0.39, 0.29) is 0 Å². The zero-order valence-corrected chi connectivity index (χ0v) is 12.3. The van der Waals surface area contributed by atoms with Crippen LogP contribution in [0.5, 0.6) is 0 Å². The van der Waals surface area contributed by atoms with Gasteiger partial charge in [0.1, 0.15) is 0 Å². The van der Waals surface area contributed by atoms with E-state index in [0.29, 0.717) is 18.4 Å². The first-order valence-corrected chi connectivity index (χ1v) is 7.34. The van der Waals surface area contributed by atoms with E-state index in [9.17, 15) is 0 Å². The van der Waals surface area contributed by atoms with Gasteiger partial charge in [-0.2, -0.15) is 0 Å². The second-order valence-electron chi connectivity index (χ2n) is 4.65. The van der Waals surface area contributed by atoms with E-state index in [0.717, 1.165) is 17.0 Å². The molecule has 4 nitrogen and oxygen atoms in total. The topological polar surface area (TPSA) is 44.2 Å². The number of aryl methyl sites for hydroxylation is 2. The van der Waals surface area contributed by atoms with Crippen molar-refractivity contribution >= 4 is 11.8 Å². The third kappa shape index (κ3) is 2.70. The van der Waals surface area contributed by atoms with Crippen LogP contribution in [0.15, 0.2) is 41.6 Å². The maximum Gasteiger partial charge on any atom is 0.253 e. The number of hydrogen-bond acceptors (Lipinski definition) is 5. The number of aromatic nitrogens is 2. The second-order valence-corrected chi connectivity index (χ2v) is 5.76. The molecule has 1 aliphatic rings. The summed E-state index contributed by atoms with van der Waals surface area (Å²) in [5.41, 5.74) is 2.87. The van der Waals surface area contributed by atoms with Crippen LogP contribution in [0.3, 0.4) is 0 Å². The number of thioether (sulfide) groups is 1. The molecule has 0 N–H and O–H groups in total. The Morgan fingerprint density at radius 2 is 1.60 bits per heavy atom. The molecule has 0 amide bonds. The van der Waals surface area contributed by atoms with Crippen LogP contribution in [-0.2, 0) is 14.6 Å². The molecule has 0 radical (unpaired) electrons. The minimum Gasteiger partial charge on any atom is -0.335 e. The fraction of sp³-hybridized carbons (Fsp3) is 0.333. The van der Waals surface area contributed by atoms with Gasteiger partial charge in [0, 0.05) is 17.0 Å². The van der Waals surface area contributed by atoms with E-state index in [4.69, 9.17) is 9.47 Å². The first-order chi connectivity index (χ1) is 9.68. The van der Waals surface area contributed by atoms with E-state index >= 15 is 0 Å². The van der Waals surface area contributed by atoms with E-state index in [1.807, 2.05) is 50.2 Å². The average Bonchev–Trinajstić information content (AvgIpc) is 2.88. The van der Waals surface area contributed by atoms with Gasteiger partial charge in [-0.3, -0.25) is 0 Å². The lowest BCUT2D eigenvalue weighted by molar-refractivity contribution is -0.0817. The fourth-order valence-electron chi connectivity index (χ4n) is 2.18. The summed E-state index contributed by atoms with van der Waals surface area (Å²) in [6, 6.07) is 11.9. The number of benzene rings is 1. The molecular formula is C15H16N2O2S. The van der Waals surface area contributed by atoms with Crippen molar-refractivity contribution in [1.29, 1.82) is 0 Å². The largest absolute Gasteiger partial charge is 0.335 e. The summed E-state index contributed by atoms with van der Waals surface area (Å²) in [6.07, 6.45) is 0. The average molecular weight is 288 g/mol. The summed E-state index contributed by atoms with van der Waals surface area (Å²) in [4.78, 5) is 8.92. The maximum absolute atomic E-state index is 5.87. The molecule has 0 atom stereocenters. The SMILES string of the molecule is Cc1cc(C)nc(SC2(c3ccccc3)OCCO2)n1. The van der Waals surface area contributed by atoms with Crippen molar-refractivity contribution < 1.29 is 9.47 Å². The van der Waals surface area contributed by atoms with Crippen molar-refractivity contribution in [1.82, 2.24) is 9.97 Å². The molecule has 1 saturated heterocycles. The van der Waals surface area contributed by atoms with E-state index in [1.54, 1.807) is 0 Å². The summed E-state index contributed by atoms with van der Waals surface area (Å²) < 4.78 is 11.7. The molecule has 104 valence electrons. The van der Waals surface area contributed by atoms with E-state index in [1.165, 1.54) is 11.8 Å². The van der Waals surface area contributed by atoms with Gasteiger partial charge < -0.3 is 9.47 Å². The number of rotatable bonds is 3. The predicted octanol–water partition coefficient (Wildman–Crippen LogP) is 3.04. The molecule has 2 aromatic rings. The van der Waals surface area contributed by atoms with Crippen molar-refractivity contribution in [3.63, 3.8) is 0 Å². The summed E-state index contributed by atoms with van der Waals surface area (Å²) in [5, 5.41) is -0.158. The smallest absolute Gasteiger partial charge is 0.253 e. The van der Waals surface area contributed by atoms with Crippen molar-refractivity contribution in [3.8, 4) is 0 Å². The normalized spacial score (nSPS) is 17.3. The van der Waals surface area contributed by atoms with Crippen LogP contribution >= 0.6 is 11.8 Å². The lowest BCUT2D eigenvalue weighted by Crippen LogP contribution is -2.23. The number of nitrogens with zero attached hydrogens (tertiary/aromatic N) is 2. The Balaban J connectivity index is 1.96. The predicted molar refractivity (Wildman–Crippen MR) is 77.4 cm³/mol. The third-order valence-electron chi connectivity index (χ3n) is 2.98. The molecule has 1 aliphatic heterocycles. The highest BCUT2D eigenvalue weighted by molar-refractivity contribution is 7.99. The molecule has 0 bridgehead atoms. The summed E-state index contributed by atoms with van der Waals surface area (Å²) in [5.74, 6) is 0. The highest BCUT2D eigenvalue weighted by Gasteiger charge is 2.41. The Kier molecular flexibility index (Phi) is 3.74. The second kappa shape index (κ2) is 5.52. The van der Waals surface area contributed by atoms with E-state index < -0.39 is 5.12 Å². The quantitative estimate of drug-likeness (QED) is 0.812. The molecule has 2 heterocycles. The molecule has 1 fully saturated rings. The molecule has 0 aliphatic carbocycles. The molecule has 1 aromatic carbocycles. The van der Waals surface area contributed by atoms with Crippen LogP contribution in [0.25, 0.3) is 0 Å². The Bertz CT molecular complexity index is 578. The number of ether oxygens (including phenoxy) is 2. The monoisotopic (exact) mass is 288 g/mol. The first kappa shape index (κ1) is 13.5. The van der Waals surface area contributed by atoms with Gasteiger partial charge >= 0.3 is 0 Å². The van der Waals surface area contributed by atoms with Gasteiger partial charge in [-0.1, -0.05) is 30.3 Å². The molecule has 0 saturated carbocycles. The molecule has 3 rings (SSSR count). The molecule has 0 spiro atoms. The van der Waals surface area contributed by atoms with Gasteiger partial charge in [-0.05, 0) is 31.7 Å². The molecule has 20 heavy (non-hydrogen) atoms. The van der Waals surface area contributed by atoms with Crippen LogP contribution < -0.4 is 0 Å². The maximum atomic E-state index is 5.87. The minimum atomic E-state index is -0.832. The zero-order valence-electron chi connectivity index (χ0n) is 11.5. The van der Waals surface area contributed by atoms with Crippen LogP contribution in [0, 0.1) is 13.8 Å². The fourth-order valence-corrected chi connectivity index (χ4v) is 3.34. The molecule has 5 heteroatoms. The highest BCUT2D eigenvalue weighted by Crippen LogP contribution is 2.44. The Morgan fingerprint density at radius 1 is 1.00 bits per heavy atom. The standard InChI is InChI=1S/C15H16N2O2S/c1-11-10-12(2)17-14(16-11)20-15(18-8-9-19-15)13-6-4-3-5-7-13/h3-7,10H,8-9H2,1-2H3. The minimum absolute atomic E-state index is 0.576. The van der Waals surface area contributed by atoms with Crippen molar-refractivity contribution in [2.75, 3.05) is 13.2 Å². The van der Waals surface area contributed by atoms with Crippen molar-refractivity contribution in [2.24, 2.45) is 0 Å². The van der Waals surface area contributed by atoms with Crippen molar-refractivity contribution in [3.05, 3.63) is 53.3 Å². The molecule has 1 aromatic heterocycles. The molecule has 0 unspecified atom stereocenters. The van der Waals surface area contributed by atoms with Crippen LogP contribution in [0.2, 0.25) is 0 Å². The van der Waals surface area contributed by atoms with Gasteiger partial charge in [0.05, 0.1) is 13.2 Å². The number of hydrogen-bond donors (Lipinski definition) is 0. The third-order valence-corrected chi connectivity index (χ3v) is 4.09. The van der Waals surface area contributed by atoms with Gasteiger partial charge in [0.15, 0.2) is 5.16 Å². The van der Waals surface area contributed by atoms with Crippen LogP contribution in [0.4, 0.5) is 0 Å². The molecular weight excluding hydrogens is 272 g/mol. The van der Waals surface area contributed by atoms with Gasteiger partial charge in [0.2, 0.25) is 0 Å². The summed E-state index contributed by atoms with van der Waals surface area (Å²) in [6.45, 7) is 5.08.